The van der Waals surface area contributed by atoms with Crippen LogP contribution < -0.4 is 26.6 Å². The number of methoxy groups -OCH3 is 1. The van der Waals surface area contributed by atoms with E-state index in [1.54, 1.807) is 106 Å². The number of alkyl carbamates (subject to hydrolysis) is 1. The van der Waals surface area contributed by atoms with Crippen molar-refractivity contribution in [1.82, 2.24) is 34.6 Å². The van der Waals surface area contributed by atoms with Crippen molar-refractivity contribution in [1.29, 1.82) is 0 Å². The monoisotopic (exact) mass is 679 g/mol. The van der Waals surface area contributed by atoms with Crippen LogP contribution in [0.1, 0.15) is 77.3 Å². The van der Waals surface area contributed by atoms with Crippen LogP contribution in [0.25, 0.3) is 6.08 Å². The topological polar surface area (TPSA) is 192 Å². The normalized spacial score (nSPS) is 11.6. The van der Waals surface area contributed by atoms with Crippen LogP contribution in [-0.4, -0.2) is 74.8 Å². The molecule has 0 aromatic carbocycles. The summed E-state index contributed by atoms with van der Waals surface area (Å²) in [6, 6.07) is 3.09. The zero-order chi connectivity index (χ0) is 36.3. The molecular weight excluding hydrogens is 634 g/mol. The highest BCUT2D eigenvalue weighted by molar-refractivity contribution is 6.06. The summed E-state index contributed by atoms with van der Waals surface area (Å²) in [5.74, 6) is -1.43. The predicted molar refractivity (Wildman–Crippen MR) is 184 cm³/mol. The Bertz CT molecular complexity index is 1740. The van der Waals surface area contributed by atoms with Gasteiger partial charge >= 0.3 is 12.1 Å². The van der Waals surface area contributed by atoms with E-state index in [0.29, 0.717) is 47.8 Å². The number of imidazole rings is 1. The highest BCUT2D eigenvalue weighted by atomic mass is 16.6. The van der Waals surface area contributed by atoms with Crippen LogP contribution in [0.2, 0.25) is 0 Å². The van der Waals surface area contributed by atoms with Gasteiger partial charge in [-0.25, -0.2) is 9.78 Å². The zero-order valence-corrected chi connectivity index (χ0v) is 29.1. The minimum atomic E-state index is -0.660. The summed E-state index contributed by atoms with van der Waals surface area (Å²) >= 11 is 0. The maximum atomic E-state index is 13.1. The second-order valence-electron chi connectivity index (χ2n) is 12.1. The number of esters is 1. The predicted octanol–water partition coefficient (Wildman–Crippen LogP) is 3.27. The van der Waals surface area contributed by atoms with Crippen molar-refractivity contribution in [3.05, 3.63) is 71.6 Å². The number of unbranched alkanes of at least 4 members (excludes halogenated alkanes) is 1. The lowest BCUT2D eigenvalue weighted by Crippen LogP contribution is -2.32. The molecule has 0 aliphatic rings. The van der Waals surface area contributed by atoms with Gasteiger partial charge in [0.25, 0.3) is 17.7 Å². The lowest BCUT2D eigenvalue weighted by molar-refractivity contribution is -0.140. The Morgan fingerprint density at radius 2 is 1.47 bits per heavy atom. The first-order chi connectivity index (χ1) is 23.1. The second-order valence-corrected chi connectivity index (χ2v) is 12.1. The molecule has 0 atom stereocenters. The molecule has 4 amide bonds. The molecule has 16 heteroatoms. The second kappa shape index (κ2) is 16.9. The third-order valence-electron chi connectivity index (χ3n) is 6.79. The maximum Gasteiger partial charge on any atom is 0.412 e. The van der Waals surface area contributed by atoms with Gasteiger partial charge in [0.2, 0.25) is 0 Å². The van der Waals surface area contributed by atoms with E-state index in [2.05, 4.69) is 36.3 Å². The van der Waals surface area contributed by atoms with E-state index in [4.69, 9.17) is 4.74 Å². The third-order valence-corrected chi connectivity index (χ3v) is 6.79. The summed E-state index contributed by atoms with van der Waals surface area (Å²) in [5, 5.41) is 13.9. The van der Waals surface area contributed by atoms with Gasteiger partial charge < -0.3 is 44.4 Å². The van der Waals surface area contributed by atoms with Crippen LogP contribution in [0.5, 0.6) is 0 Å². The number of allylic oxidation sites excluding steroid dienone is 1. The van der Waals surface area contributed by atoms with E-state index in [0.717, 1.165) is 0 Å². The van der Waals surface area contributed by atoms with Crippen LogP contribution in [0.15, 0.2) is 48.7 Å². The van der Waals surface area contributed by atoms with Gasteiger partial charge in [-0.1, -0.05) is 0 Å². The molecule has 3 aromatic heterocycles. The quantitative estimate of drug-likeness (QED) is 0.0967. The number of nitrogens with one attached hydrogen (secondary N) is 5. The summed E-state index contributed by atoms with van der Waals surface area (Å²) in [7, 11) is 8.05. The number of nitrogens with zero attached hydrogens (tertiary/aromatic N) is 4. The Kier molecular flexibility index (Phi) is 12.9. The van der Waals surface area contributed by atoms with E-state index in [1.165, 1.54) is 13.2 Å². The molecular formula is C33H45N9O7. The molecule has 0 saturated carbocycles. The zero-order valence-electron chi connectivity index (χ0n) is 29.1. The van der Waals surface area contributed by atoms with Crippen LogP contribution in [0, 0.1) is 0 Å². The molecule has 16 nitrogen and oxygen atoms in total. The molecule has 3 rings (SSSR count). The van der Waals surface area contributed by atoms with Crippen LogP contribution in [0.3, 0.4) is 0 Å². The van der Waals surface area contributed by atoms with Gasteiger partial charge in [0, 0.05) is 65.9 Å². The number of carbonyl (C=O) groups excluding carboxylic acids is 5. The molecule has 0 saturated heterocycles. The average Bonchev–Trinajstić information content (AvgIpc) is 3.69. The van der Waals surface area contributed by atoms with Crippen molar-refractivity contribution in [2.45, 2.75) is 45.6 Å². The van der Waals surface area contributed by atoms with Crippen LogP contribution in [-0.2, 0) is 35.4 Å². The number of carbonyl (C=O) groups is 5. The summed E-state index contributed by atoms with van der Waals surface area (Å²) in [4.78, 5) is 66.7. The van der Waals surface area contributed by atoms with Crippen molar-refractivity contribution in [2.75, 3.05) is 31.3 Å². The SMILES string of the molecule is CN/C=C(\C=Cc1cn(C)c(C(=O)Nc2cc(C(=O)Nc3cc(C(=O)NCCCCC(=O)OC)n(C)c3)n(C)c2)n1)NC(=O)OC(C)(C)C. The van der Waals surface area contributed by atoms with Gasteiger partial charge in [0.05, 0.1) is 29.9 Å². The van der Waals surface area contributed by atoms with Gasteiger partial charge in [-0.2, -0.15) is 0 Å². The smallest absolute Gasteiger partial charge is 0.412 e. The molecule has 264 valence electrons. The Morgan fingerprint density at radius 1 is 0.857 bits per heavy atom. The molecule has 0 fully saturated rings. The number of amides is 4. The Labute approximate surface area is 284 Å². The number of hydrogen-bond acceptors (Lipinski definition) is 9. The number of anilines is 2. The summed E-state index contributed by atoms with van der Waals surface area (Å²) < 4.78 is 14.6. The number of aryl methyl sites for hydroxylation is 3. The number of ether oxygens (including phenoxy) is 2. The molecule has 5 N–H and O–H groups in total. The van der Waals surface area contributed by atoms with Crippen molar-refractivity contribution < 1.29 is 33.4 Å². The molecule has 0 radical (unpaired) electrons. The molecule has 0 aliphatic carbocycles. The van der Waals surface area contributed by atoms with Crippen LogP contribution in [0.4, 0.5) is 16.2 Å². The van der Waals surface area contributed by atoms with E-state index in [-0.39, 0.29) is 29.8 Å². The minimum Gasteiger partial charge on any atom is -0.469 e. The summed E-state index contributed by atoms with van der Waals surface area (Å²) in [6.45, 7) is 5.68. The van der Waals surface area contributed by atoms with Crippen molar-refractivity contribution in [3.63, 3.8) is 0 Å². The molecule has 3 heterocycles. The third kappa shape index (κ3) is 11.4. The van der Waals surface area contributed by atoms with Gasteiger partial charge in [0.1, 0.15) is 17.0 Å². The van der Waals surface area contributed by atoms with Crippen molar-refractivity contribution in [3.8, 4) is 0 Å². The average molecular weight is 680 g/mol. The lowest BCUT2D eigenvalue weighted by Gasteiger charge is -2.19. The van der Waals surface area contributed by atoms with Gasteiger partial charge in [-0.3, -0.25) is 24.5 Å². The lowest BCUT2D eigenvalue weighted by atomic mass is 10.2. The minimum absolute atomic E-state index is 0.118. The number of hydrogen-bond donors (Lipinski definition) is 5. The Hall–Kier alpha value is -5.80. The van der Waals surface area contributed by atoms with Crippen molar-refractivity contribution >= 4 is 47.2 Å². The van der Waals surface area contributed by atoms with Gasteiger partial charge in [0.15, 0.2) is 5.82 Å². The number of aromatic nitrogens is 4. The van der Waals surface area contributed by atoms with E-state index in [1.807, 2.05) is 0 Å². The highest BCUT2D eigenvalue weighted by Crippen LogP contribution is 2.19. The van der Waals surface area contributed by atoms with Crippen molar-refractivity contribution in [2.24, 2.45) is 21.1 Å². The fourth-order valence-corrected chi connectivity index (χ4v) is 4.55. The van der Waals surface area contributed by atoms with Gasteiger partial charge in [-0.05, 0) is 57.9 Å². The molecule has 0 bridgehead atoms. The van der Waals surface area contributed by atoms with E-state index in [9.17, 15) is 24.0 Å². The summed E-state index contributed by atoms with van der Waals surface area (Å²) in [6.07, 6.45) is 10.6. The largest absolute Gasteiger partial charge is 0.469 e. The standard InChI is InChI=1S/C33H45N9O7/c1-33(2,3)49-32(47)39-21(17-34-4)12-13-22-18-42(7)28(36-22)31(46)38-24-16-26(41(6)20-24)30(45)37-23-15-25(40(5)19-23)29(44)35-14-10-9-11-27(43)48-8/h12-13,15-20,34H,9-11,14H2,1-8H3,(H,35,44)(H,37,45)(H,38,46)(H,39,47)/b13-12?,21-17+. The van der Waals surface area contributed by atoms with E-state index >= 15 is 0 Å². The fourth-order valence-electron chi connectivity index (χ4n) is 4.55. The Balaban J connectivity index is 1.61. The molecule has 0 aliphatic heterocycles. The highest BCUT2D eigenvalue weighted by Gasteiger charge is 2.20. The number of rotatable bonds is 14. The first kappa shape index (κ1) is 37.7. The van der Waals surface area contributed by atoms with E-state index < -0.39 is 23.5 Å². The molecule has 0 unspecified atom stereocenters. The molecule has 3 aromatic rings. The first-order valence-corrected chi connectivity index (χ1v) is 15.5. The fraction of sp³-hybridized carbons (Fsp3) is 0.394. The Morgan fingerprint density at radius 3 is 2.06 bits per heavy atom. The summed E-state index contributed by atoms with van der Waals surface area (Å²) in [5.41, 5.74) is 1.62. The molecule has 0 spiro atoms. The molecule has 49 heavy (non-hydrogen) atoms. The van der Waals surface area contributed by atoms with Gasteiger partial charge in [-0.15, -0.1) is 0 Å². The van der Waals surface area contributed by atoms with Crippen LogP contribution >= 0.6 is 0 Å². The maximum absolute atomic E-state index is 13.1. The first-order valence-electron chi connectivity index (χ1n) is 15.5.